The molecule has 0 aliphatic carbocycles. The van der Waals surface area contributed by atoms with Gasteiger partial charge in [-0.15, -0.1) is 0 Å². The molecule has 1 amide bonds. The molecular formula is C33H36BrN3O2. The first kappa shape index (κ1) is 27.4. The van der Waals surface area contributed by atoms with Crippen LogP contribution in [0.15, 0.2) is 77.3 Å². The summed E-state index contributed by atoms with van der Waals surface area (Å²) < 4.78 is 6.63. The van der Waals surface area contributed by atoms with Crippen LogP contribution in [0.1, 0.15) is 49.2 Å². The third kappa shape index (κ3) is 6.34. The molecule has 1 aliphatic heterocycles. The lowest BCUT2D eigenvalue weighted by atomic mass is 9.87. The Balaban J connectivity index is 1.35. The Kier molecular flexibility index (Phi) is 8.06. The van der Waals surface area contributed by atoms with E-state index in [1.165, 1.54) is 11.1 Å². The Bertz CT molecular complexity index is 1470. The number of amides is 1. The molecule has 1 aliphatic rings. The van der Waals surface area contributed by atoms with E-state index in [1.54, 1.807) is 0 Å². The number of hydrogen-bond acceptors (Lipinski definition) is 4. The first-order chi connectivity index (χ1) is 18.7. The lowest BCUT2D eigenvalue weighted by Crippen LogP contribution is -2.48. The predicted octanol–water partition coefficient (Wildman–Crippen LogP) is 7.32. The second kappa shape index (κ2) is 11.5. The van der Waals surface area contributed by atoms with Crippen LogP contribution >= 0.6 is 15.9 Å². The number of rotatable bonds is 6. The topological polar surface area (TPSA) is 45.7 Å². The van der Waals surface area contributed by atoms with Crippen LogP contribution < -0.4 is 4.74 Å². The Morgan fingerprint density at radius 1 is 0.949 bits per heavy atom. The van der Waals surface area contributed by atoms with Gasteiger partial charge in [0.2, 0.25) is 0 Å². The lowest BCUT2D eigenvalue weighted by Gasteiger charge is -2.35. The highest BCUT2D eigenvalue weighted by Crippen LogP contribution is 2.30. The van der Waals surface area contributed by atoms with Crippen molar-refractivity contribution in [2.24, 2.45) is 0 Å². The van der Waals surface area contributed by atoms with E-state index in [2.05, 4.69) is 65.9 Å². The zero-order chi connectivity index (χ0) is 27.6. The highest BCUT2D eigenvalue weighted by atomic mass is 79.9. The van der Waals surface area contributed by atoms with Crippen LogP contribution in [0.2, 0.25) is 0 Å². The average Bonchev–Trinajstić information content (AvgIpc) is 2.93. The van der Waals surface area contributed by atoms with Crippen molar-refractivity contribution < 1.29 is 9.53 Å². The average molecular weight is 587 g/mol. The number of carbonyl (C=O) groups is 1. The molecule has 202 valence electrons. The first-order valence-electron chi connectivity index (χ1n) is 13.7. The fraction of sp³-hybridized carbons (Fsp3) is 0.333. The van der Waals surface area contributed by atoms with Gasteiger partial charge < -0.3 is 9.64 Å². The van der Waals surface area contributed by atoms with Crippen LogP contribution in [0.5, 0.6) is 5.75 Å². The molecule has 0 atom stereocenters. The molecule has 4 aromatic rings. The number of halogens is 1. The van der Waals surface area contributed by atoms with Crippen molar-refractivity contribution in [3.8, 4) is 17.0 Å². The second-order valence-corrected chi connectivity index (χ2v) is 12.1. The molecule has 0 unspecified atom stereocenters. The third-order valence-electron chi connectivity index (χ3n) is 7.33. The van der Waals surface area contributed by atoms with Gasteiger partial charge in [-0.3, -0.25) is 9.69 Å². The van der Waals surface area contributed by atoms with Crippen molar-refractivity contribution in [2.75, 3.05) is 32.8 Å². The van der Waals surface area contributed by atoms with Crippen molar-refractivity contribution >= 4 is 32.7 Å². The molecule has 0 saturated carbocycles. The Morgan fingerprint density at radius 2 is 1.69 bits per heavy atom. The Hall–Kier alpha value is -3.22. The van der Waals surface area contributed by atoms with Crippen LogP contribution in [-0.2, 0) is 12.0 Å². The second-order valence-electron chi connectivity index (χ2n) is 11.2. The van der Waals surface area contributed by atoms with Gasteiger partial charge in [-0.2, -0.15) is 0 Å². The number of piperazine rings is 1. The van der Waals surface area contributed by atoms with Gasteiger partial charge in [0.05, 0.1) is 23.4 Å². The van der Waals surface area contributed by atoms with Crippen LogP contribution in [0.4, 0.5) is 0 Å². The number of carbonyl (C=O) groups excluding carboxylic acids is 1. The molecule has 1 fully saturated rings. The molecule has 1 saturated heterocycles. The van der Waals surface area contributed by atoms with Gasteiger partial charge in [0.1, 0.15) is 5.75 Å². The van der Waals surface area contributed by atoms with E-state index in [1.807, 2.05) is 60.4 Å². The monoisotopic (exact) mass is 585 g/mol. The predicted molar refractivity (Wildman–Crippen MR) is 162 cm³/mol. The van der Waals surface area contributed by atoms with E-state index in [0.717, 1.165) is 52.0 Å². The summed E-state index contributed by atoms with van der Waals surface area (Å²) in [6, 6.07) is 24.7. The number of aromatic nitrogens is 1. The van der Waals surface area contributed by atoms with Crippen molar-refractivity contribution in [1.82, 2.24) is 14.8 Å². The highest BCUT2D eigenvalue weighted by Gasteiger charge is 2.25. The summed E-state index contributed by atoms with van der Waals surface area (Å²) >= 11 is 3.58. The van der Waals surface area contributed by atoms with Gasteiger partial charge in [0.15, 0.2) is 0 Å². The van der Waals surface area contributed by atoms with E-state index in [0.29, 0.717) is 25.3 Å². The smallest absolute Gasteiger partial charge is 0.254 e. The maximum atomic E-state index is 13.9. The van der Waals surface area contributed by atoms with Gasteiger partial charge in [-0.1, -0.05) is 73.1 Å². The van der Waals surface area contributed by atoms with Crippen LogP contribution in [0.3, 0.4) is 0 Å². The Labute approximate surface area is 239 Å². The normalized spacial score (nSPS) is 14.5. The molecule has 1 aromatic heterocycles. The van der Waals surface area contributed by atoms with E-state index >= 15 is 0 Å². The van der Waals surface area contributed by atoms with E-state index < -0.39 is 0 Å². The van der Waals surface area contributed by atoms with Gasteiger partial charge >= 0.3 is 0 Å². The maximum absolute atomic E-state index is 13.9. The maximum Gasteiger partial charge on any atom is 0.254 e. The molecule has 5 nitrogen and oxygen atoms in total. The fourth-order valence-corrected chi connectivity index (χ4v) is 5.44. The quantitative estimate of drug-likeness (QED) is 0.238. The van der Waals surface area contributed by atoms with Crippen molar-refractivity contribution in [3.63, 3.8) is 0 Å². The number of benzene rings is 3. The van der Waals surface area contributed by atoms with Crippen LogP contribution in [0.25, 0.3) is 22.2 Å². The molecular weight excluding hydrogens is 550 g/mol. The zero-order valence-electron chi connectivity index (χ0n) is 23.2. The van der Waals surface area contributed by atoms with Crippen LogP contribution in [0, 0.1) is 0 Å². The number of hydrogen-bond donors (Lipinski definition) is 0. The lowest BCUT2D eigenvalue weighted by molar-refractivity contribution is 0.0630. The number of nitrogens with zero attached hydrogens (tertiary/aromatic N) is 3. The summed E-state index contributed by atoms with van der Waals surface area (Å²) in [5.41, 5.74) is 6.01. The van der Waals surface area contributed by atoms with Gasteiger partial charge in [0.25, 0.3) is 5.91 Å². The largest absolute Gasteiger partial charge is 0.494 e. The molecule has 39 heavy (non-hydrogen) atoms. The summed E-state index contributed by atoms with van der Waals surface area (Å²) in [6.45, 7) is 13.3. The van der Waals surface area contributed by atoms with Gasteiger partial charge in [-0.05, 0) is 59.9 Å². The minimum Gasteiger partial charge on any atom is -0.494 e. The van der Waals surface area contributed by atoms with E-state index in [-0.39, 0.29) is 11.3 Å². The SMILES string of the molecule is CCOc1cccc(-c2cc(C(=O)N3CCN(Cc4ccc(C(C)(C)C)cc4)CC3)c3cc(Br)ccc3n2)c1. The molecule has 0 bridgehead atoms. The van der Waals surface area contributed by atoms with Crippen molar-refractivity contribution in [2.45, 2.75) is 39.7 Å². The minimum atomic E-state index is 0.0527. The van der Waals surface area contributed by atoms with E-state index in [9.17, 15) is 4.79 Å². The summed E-state index contributed by atoms with van der Waals surface area (Å²) in [6.07, 6.45) is 0. The molecule has 0 N–H and O–H groups in total. The molecule has 0 radical (unpaired) electrons. The summed E-state index contributed by atoms with van der Waals surface area (Å²) in [4.78, 5) is 23.2. The summed E-state index contributed by atoms with van der Waals surface area (Å²) in [5, 5.41) is 0.862. The number of ether oxygens (including phenoxy) is 1. The van der Waals surface area contributed by atoms with Crippen molar-refractivity contribution in [3.05, 3.63) is 94.0 Å². The fourth-order valence-electron chi connectivity index (χ4n) is 5.08. The number of fused-ring (bicyclic) bond motifs is 1. The highest BCUT2D eigenvalue weighted by molar-refractivity contribution is 9.10. The molecule has 5 rings (SSSR count). The number of pyridine rings is 1. The minimum absolute atomic E-state index is 0.0527. The van der Waals surface area contributed by atoms with E-state index in [4.69, 9.17) is 9.72 Å². The van der Waals surface area contributed by atoms with Crippen molar-refractivity contribution in [1.29, 1.82) is 0 Å². The molecule has 2 heterocycles. The third-order valence-corrected chi connectivity index (χ3v) is 7.82. The first-order valence-corrected chi connectivity index (χ1v) is 14.4. The van der Waals surface area contributed by atoms with Crippen LogP contribution in [-0.4, -0.2) is 53.5 Å². The standard InChI is InChI=1S/C33H36BrN3O2/c1-5-39-27-8-6-7-24(19-27)31-21-29(28-20-26(34)13-14-30(28)35-31)32(38)37-17-15-36(16-18-37)22-23-9-11-25(12-10-23)33(2,3)4/h6-14,19-21H,5,15-18,22H2,1-4H3. The molecule has 6 heteroatoms. The summed E-state index contributed by atoms with van der Waals surface area (Å²) in [7, 11) is 0. The van der Waals surface area contributed by atoms with Gasteiger partial charge in [0, 0.05) is 48.1 Å². The Morgan fingerprint density at radius 3 is 2.38 bits per heavy atom. The zero-order valence-corrected chi connectivity index (χ0v) is 24.8. The molecule has 3 aromatic carbocycles. The summed E-state index contributed by atoms with van der Waals surface area (Å²) in [5.74, 6) is 0.849. The molecule has 0 spiro atoms. The van der Waals surface area contributed by atoms with Gasteiger partial charge in [-0.25, -0.2) is 4.98 Å².